The first-order chi connectivity index (χ1) is 24.0. The Hall–Kier alpha value is -3.56. The number of ketones is 1. The molecule has 3 amide bonds. The quantitative estimate of drug-likeness (QED) is 0.181. The summed E-state index contributed by atoms with van der Waals surface area (Å²) >= 11 is 0. The van der Waals surface area contributed by atoms with Gasteiger partial charge in [-0.15, -0.1) is 0 Å². The number of fused-ring (bicyclic) bond motifs is 1. The van der Waals surface area contributed by atoms with Crippen molar-refractivity contribution in [2.75, 3.05) is 32.4 Å². The van der Waals surface area contributed by atoms with Crippen molar-refractivity contribution in [3.8, 4) is 0 Å². The normalized spacial score (nSPS) is 21.6. The molecule has 3 aliphatic rings. The summed E-state index contributed by atoms with van der Waals surface area (Å²) in [5.41, 5.74) is 6.66. The van der Waals surface area contributed by atoms with Crippen LogP contribution in [0.3, 0.4) is 0 Å². The van der Waals surface area contributed by atoms with Gasteiger partial charge in [-0.3, -0.25) is 14.4 Å². The number of ether oxygens (including phenoxy) is 1. The zero-order valence-corrected chi connectivity index (χ0v) is 29.8. The van der Waals surface area contributed by atoms with Gasteiger partial charge in [0.1, 0.15) is 23.7 Å². The molecule has 5 rings (SSSR count). The number of carbonyl (C=O) groups excluding carboxylic acids is 4. The van der Waals surface area contributed by atoms with Crippen molar-refractivity contribution in [3.63, 3.8) is 0 Å². The van der Waals surface area contributed by atoms with Crippen LogP contribution in [0.1, 0.15) is 101 Å². The highest BCUT2D eigenvalue weighted by Crippen LogP contribution is 2.30. The Morgan fingerprint density at radius 3 is 2.42 bits per heavy atom. The van der Waals surface area contributed by atoms with Gasteiger partial charge in [-0.2, -0.15) is 0 Å². The number of oxazole rings is 1. The van der Waals surface area contributed by atoms with E-state index in [4.69, 9.17) is 14.9 Å². The molecule has 1 aliphatic carbocycles. The van der Waals surface area contributed by atoms with Crippen LogP contribution >= 0.6 is 0 Å². The lowest BCUT2D eigenvalue weighted by Gasteiger charge is -2.30. The molecular weight excluding hydrogens is 664 g/mol. The Labute approximate surface area is 294 Å². The first-order valence-electron chi connectivity index (χ1n) is 18.2. The zero-order valence-electron chi connectivity index (χ0n) is 29.0. The molecule has 1 aromatic carbocycles. The number of nitrogens with zero attached hydrogens (tertiary/aromatic N) is 3. The molecule has 2 aliphatic heterocycles. The number of carbonyl (C=O) groups is 4. The molecule has 0 spiro atoms. The number of unbranched alkanes of at least 4 members (excludes halogenated alkanes) is 1. The van der Waals surface area contributed by atoms with Gasteiger partial charge in [-0.25, -0.2) is 22.9 Å². The minimum absolute atomic E-state index is 0.00201. The number of Topliss-reactive ketones (excluding diaryl/α,β-unsaturated/α-hetero) is 1. The third-order valence-electron chi connectivity index (χ3n) is 10.1. The number of nitrogens with two attached hydrogens (primary N) is 1. The number of benzene rings is 1. The van der Waals surface area contributed by atoms with Crippen molar-refractivity contribution < 1.29 is 36.7 Å². The van der Waals surface area contributed by atoms with Crippen LogP contribution in [0.4, 0.5) is 4.79 Å². The molecule has 2 saturated heterocycles. The number of piperidine rings is 1. The van der Waals surface area contributed by atoms with Gasteiger partial charge in [0.25, 0.3) is 5.89 Å². The predicted molar refractivity (Wildman–Crippen MR) is 187 cm³/mol. The summed E-state index contributed by atoms with van der Waals surface area (Å²) in [5, 5.41) is 2.84. The van der Waals surface area contributed by atoms with Gasteiger partial charge in [0.15, 0.2) is 5.58 Å². The highest BCUT2D eigenvalue weighted by Gasteiger charge is 2.45. The molecule has 276 valence electrons. The van der Waals surface area contributed by atoms with Crippen molar-refractivity contribution in [3.05, 3.63) is 30.2 Å². The van der Waals surface area contributed by atoms with E-state index in [1.165, 1.54) is 11.3 Å². The smallest absolute Gasteiger partial charge is 0.410 e. The van der Waals surface area contributed by atoms with E-state index in [9.17, 15) is 27.6 Å². The van der Waals surface area contributed by atoms with E-state index in [0.717, 1.165) is 51.2 Å². The zero-order chi connectivity index (χ0) is 35.7. The van der Waals surface area contributed by atoms with E-state index in [-0.39, 0.29) is 31.7 Å². The summed E-state index contributed by atoms with van der Waals surface area (Å²) in [6, 6.07) is 3.73. The van der Waals surface area contributed by atoms with E-state index >= 15 is 0 Å². The Balaban J connectivity index is 1.37. The number of hydrogen-bond acceptors (Lipinski definition) is 10. The first-order valence-corrected chi connectivity index (χ1v) is 20.0. The van der Waals surface area contributed by atoms with Gasteiger partial charge < -0.3 is 30.0 Å². The monoisotopic (exact) mass is 716 g/mol. The van der Waals surface area contributed by atoms with Crippen LogP contribution in [0, 0.1) is 5.92 Å². The number of aromatic nitrogens is 1. The van der Waals surface area contributed by atoms with Crippen LogP contribution < -0.4 is 15.8 Å². The van der Waals surface area contributed by atoms with Crippen LogP contribution in [0.2, 0.25) is 0 Å². The third-order valence-corrected chi connectivity index (χ3v) is 10.8. The molecule has 0 bridgehead atoms. The lowest BCUT2D eigenvalue weighted by Crippen LogP contribution is -2.55. The molecule has 0 unspecified atom stereocenters. The maximum atomic E-state index is 14.3. The van der Waals surface area contributed by atoms with Crippen LogP contribution in [0.5, 0.6) is 0 Å². The summed E-state index contributed by atoms with van der Waals surface area (Å²) in [4.78, 5) is 62.5. The van der Waals surface area contributed by atoms with E-state index < -0.39 is 57.9 Å². The second-order valence-corrected chi connectivity index (χ2v) is 15.8. The van der Waals surface area contributed by atoms with Crippen molar-refractivity contribution in [2.24, 2.45) is 11.7 Å². The number of amides is 3. The minimum atomic E-state index is -3.78. The maximum absolute atomic E-state index is 14.3. The first kappa shape index (κ1) is 37.7. The van der Waals surface area contributed by atoms with Crippen LogP contribution in [0.15, 0.2) is 28.7 Å². The molecule has 14 nitrogen and oxygen atoms in total. The molecule has 2 aromatic rings. The number of rotatable bonds is 15. The van der Waals surface area contributed by atoms with Gasteiger partial charge >= 0.3 is 6.09 Å². The van der Waals surface area contributed by atoms with E-state index in [0.29, 0.717) is 55.9 Å². The Morgan fingerprint density at radius 2 is 1.72 bits per heavy atom. The highest BCUT2D eigenvalue weighted by atomic mass is 32.2. The fourth-order valence-corrected chi connectivity index (χ4v) is 8.13. The van der Waals surface area contributed by atoms with Crippen molar-refractivity contribution in [1.29, 1.82) is 0 Å². The second-order valence-electron chi connectivity index (χ2n) is 14.0. The summed E-state index contributed by atoms with van der Waals surface area (Å²) in [5.74, 6) is -1.43. The van der Waals surface area contributed by atoms with Gasteiger partial charge in [-0.1, -0.05) is 44.2 Å². The van der Waals surface area contributed by atoms with Gasteiger partial charge in [-0.05, 0) is 76.0 Å². The average Bonchev–Trinajstić information content (AvgIpc) is 3.74. The molecular formula is C35H52N6O8S. The number of sulfonamides is 1. The van der Waals surface area contributed by atoms with Crippen molar-refractivity contribution in [1.82, 2.24) is 24.8 Å². The molecule has 50 heavy (non-hydrogen) atoms. The van der Waals surface area contributed by atoms with Crippen LogP contribution in [-0.4, -0.2) is 104 Å². The Bertz CT molecular complexity index is 1550. The number of hydrogen-bond donors (Lipinski definition) is 3. The maximum Gasteiger partial charge on any atom is 0.410 e. The molecule has 15 heteroatoms. The SMILES string of the molecule is CS(=O)(=O)N[C@H](CCC1CCCCC1)C(=O)N1C[C@H](OC(=O)N2CCCCC2)C[C@H]1C(=O)N[C@@H](CCCCN)C(=O)c1nc2ccccc2o1. The average molecular weight is 717 g/mol. The second kappa shape index (κ2) is 17.6. The van der Waals surface area contributed by atoms with E-state index in [1.807, 2.05) is 0 Å². The summed E-state index contributed by atoms with van der Waals surface area (Å²) < 4.78 is 39.0. The van der Waals surface area contributed by atoms with Crippen LogP contribution in [0.25, 0.3) is 11.1 Å². The number of para-hydroxylation sites is 2. The van der Waals surface area contributed by atoms with Gasteiger partial charge in [0.05, 0.1) is 18.8 Å². The fourth-order valence-electron chi connectivity index (χ4n) is 7.39. The van der Waals surface area contributed by atoms with Gasteiger partial charge in [0, 0.05) is 19.5 Å². The third kappa shape index (κ3) is 10.3. The standard InChI is InChI=1S/C35H52N6O8S/c1-50(46,47)39-28(18-17-24-12-4-2-5-13-24)34(44)41-23-25(48-35(45)40-20-10-3-11-21-40)22-29(41)32(43)37-27(15-8-9-19-36)31(42)33-38-26-14-6-7-16-30(26)49-33/h6-7,14,16,24-25,27-29,39H,2-5,8-13,15,17-23,36H2,1H3,(H,37,43)/t25-,27+,28-,29+/m1/s1. The van der Waals surface area contributed by atoms with E-state index in [2.05, 4.69) is 15.0 Å². The topological polar surface area (TPSA) is 194 Å². The van der Waals surface area contributed by atoms with Crippen molar-refractivity contribution in [2.45, 2.75) is 114 Å². The summed E-state index contributed by atoms with van der Waals surface area (Å²) in [7, 11) is -3.78. The lowest BCUT2D eigenvalue weighted by atomic mass is 9.85. The molecule has 4 atom stereocenters. The predicted octanol–water partition coefficient (Wildman–Crippen LogP) is 3.49. The minimum Gasteiger partial charge on any atom is -0.444 e. The fraction of sp³-hybridized carbons (Fsp3) is 0.686. The molecule has 0 radical (unpaired) electrons. The molecule has 1 aromatic heterocycles. The molecule has 1 saturated carbocycles. The largest absolute Gasteiger partial charge is 0.444 e. The Morgan fingerprint density at radius 1 is 1.00 bits per heavy atom. The molecule has 3 heterocycles. The number of nitrogens with one attached hydrogen (secondary N) is 2. The van der Waals surface area contributed by atoms with Gasteiger partial charge in [0.2, 0.25) is 27.6 Å². The van der Waals surface area contributed by atoms with Crippen LogP contribution in [-0.2, 0) is 24.3 Å². The summed E-state index contributed by atoms with van der Waals surface area (Å²) in [6.07, 6.45) is 10.3. The highest BCUT2D eigenvalue weighted by molar-refractivity contribution is 7.88. The Kier molecular flexibility index (Phi) is 13.3. The van der Waals surface area contributed by atoms with E-state index in [1.54, 1.807) is 29.2 Å². The molecule has 4 N–H and O–H groups in total. The molecule has 3 fully saturated rings. The number of likely N-dealkylation sites (tertiary alicyclic amines) is 2. The lowest BCUT2D eigenvalue weighted by molar-refractivity contribution is -0.140. The van der Waals surface area contributed by atoms with Crippen molar-refractivity contribution >= 4 is 44.8 Å². The summed E-state index contributed by atoms with van der Waals surface area (Å²) in [6.45, 7) is 1.46.